The lowest BCUT2D eigenvalue weighted by Crippen LogP contribution is -2.31. The highest BCUT2D eigenvalue weighted by Crippen LogP contribution is 2.18. The monoisotopic (exact) mass is 328 g/mol. The summed E-state index contributed by atoms with van der Waals surface area (Å²) in [6.45, 7) is 3.54. The number of hydrogen-bond donors (Lipinski definition) is 2. The molecule has 126 valence electrons. The van der Waals surface area contributed by atoms with Gasteiger partial charge in [0.1, 0.15) is 0 Å². The number of nitrogens with one attached hydrogen (secondary N) is 2. The molecule has 0 aliphatic carbocycles. The number of carbonyl (C=O) groups is 2. The highest BCUT2D eigenvalue weighted by molar-refractivity contribution is 5.94. The number of aromatic amines is 1. The van der Waals surface area contributed by atoms with Crippen LogP contribution in [-0.4, -0.2) is 23.0 Å². The van der Waals surface area contributed by atoms with Crippen molar-refractivity contribution in [1.29, 1.82) is 0 Å². The van der Waals surface area contributed by atoms with E-state index in [9.17, 15) is 14.4 Å². The largest absolute Gasteiger partial charge is 0.463 e. The predicted molar refractivity (Wildman–Crippen MR) is 89.6 cm³/mol. The minimum atomic E-state index is -0.517. The Bertz CT molecular complexity index is 733. The molecule has 1 amide bonds. The molecule has 0 aliphatic heterocycles. The molecule has 1 aromatic carbocycles. The summed E-state index contributed by atoms with van der Waals surface area (Å²) in [6.07, 6.45) is 1.15. The maximum Gasteiger partial charge on any atom is 0.308 e. The van der Waals surface area contributed by atoms with Gasteiger partial charge in [0.2, 0.25) is 5.56 Å². The lowest BCUT2D eigenvalue weighted by atomic mass is 10.0. The summed E-state index contributed by atoms with van der Waals surface area (Å²) in [4.78, 5) is 37.9. The lowest BCUT2D eigenvalue weighted by Gasteiger charge is -2.19. The maximum absolute atomic E-state index is 12.4. The van der Waals surface area contributed by atoms with Crippen LogP contribution in [0.15, 0.2) is 53.5 Å². The summed E-state index contributed by atoms with van der Waals surface area (Å²) >= 11 is 0. The summed E-state index contributed by atoms with van der Waals surface area (Å²) in [5, 5.41) is 2.81. The molecule has 2 N–H and O–H groups in total. The molecular weight excluding hydrogens is 308 g/mol. The first-order chi connectivity index (χ1) is 11.5. The maximum atomic E-state index is 12.4. The number of carbonyl (C=O) groups excluding carboxylic acids is 2. The molecule has 0 aliphatic rings. The Morgan fingerprint density at radius 1 is 1.12 bits per heavy atom. The standard InChI is InChI=1S/C18H20N2O4/c1-12(2)24-17(22)10-15(13-6-4-3-5-7-13)20-18(23)14-8-9-16(21)19-11-14/h3-9,11-12,15H,10H2,1-2H3,(H,19,21)(H,20,23)/t15-/m0/s1. The fourth-order valence-corrected chi connectivity index (χ4v) is 2.21. The second-order valence-corrected chi connectivity index (χ2v) is 5.62. The first-order valence-electron chi connectivity index (χ1n) is 7.69. The van der Waals surface area contributed by atoms with Gasteiger partial charge in [0.25, 0.3) is 5.91 Å². The van der Waals surface area contributed by atoms with Crippen molar-refractivity contribution < 1.29 is 14.3 Å². The first kappa shape index (κ1) is 17.5. The van der Waals surface area contributed by atoms with Crippen molar-refractivity contribution in [2.24, 2.45) is 0 Å². The zero-order chi connectivity index (χ0) is 17.5. The third-order valence-corrected chi connectivity index (χ3v) is 3.29. The number of pyridine rings is 1. The van der Waals surface area contributed by atoms with Crippen molar-refractivity contribution in [2.75, 3.05) is 0 Å². The summed E-state index contributed by atoms with van der Waals surface area (Å²) in [6, 6.07) is 11.4. The van der Waals surface area contributed by atoms with Gasteiger partial charge in [0.05, 0.1) is 24.1 Å². The molecular formula is C18H20N2O4. The molecule has 24 heavy (non-hydrogen) atoms. The zero-order valence-electron chi connectivity index (χ0n) is 13.6. The third kappa shape index (κ3) is 5.08. The number of esters is 1. The average Bonchev–Trinajstić information content (AvgIpc) is 2.55. The number of amides is 1. The van der Waals surface area contributed by atoms with Gasteiger partial charge in [-0.05, 0) is 25.5 Å². The molecule has 6 heteroatoms. The molecule has 0 unspecified atom stereocenters. The second kappa shape index (κ2) is 8.10. The molecule has 0 fully saturated rings. The molecule has 1 atom stereocenters. The van der Waals surface area contributed by atoms with Crippen LogP contribution in [-0.2, 0) is 9.53 Å². The van der Waals surface area contributed by atoms with Gasteiger partial charge < -0.3 is 15.0 Å². The van der Waals surface area contributed by atoms with Crippen LogP contribution >= 0.6 is 0 Å². The van der Waals surface area contributed by atoms with E-state index in [1.807, 2.05) is 30.3 Å². The number of benzene rings is 1. The lowest BCUT2D eigenvalue weighted by molar-refractivity contribution is -0.147. The molecule has 1 heterocycles. The first-order valence-corrected chi connectivity index (χ1v) is 7.69. The van der Waals surface area contributed by atoms with Gasteiger partial charge in [0, 0.05) is 12.3 Å². The van der Waals surface area contributed by atoms with Gasteiger partial charge in [-0.3, -0.25) is 14.4 Å². The highest BCUT2D eigenvalue weighted by atomic mass is 16.5. The Morgan fingerprint density at radius 2 is 1.83 bits per heavy atom. The number of ether oxygens (including phenoxy) is 1. The number of aromatic nitrogens is 1. The van der Waals surface area contributed by atoms with Crippen LogP contribution in [0.1, 0.15) is 42.2 Å². The Balaban J connectivity index is 2.16. The molecule has 0 radical (unpaired) electrons. The van der Waals surface area contributed by atoms with Gasteiger partial charge in [-0.1, -0.05) is 30.3 Å². The molecule has 0 bridgehead atoms. The van der Waals surface area contributed by atoms with Gasteiger partial charge in [0.15, 0.2) is 0 Å². The molecule has 1 aromatic heterocycles. The Hall–Kier alpha value is -2.89. The van der Waals surface area contributed by atoms with Crippen molar-refractivity contribution in [3.8, 4) is 0 Å². The topological polar surface area (TPSA) is 88.3 Å². The quantitative estimate of drug-likeness (QED) is 0.796. The molecule has 6 nitrogen and oxygen atoms in total. The van der Waals surface area contributed by atoms with Crippen LogP contribution in [0.5, 0.6) is 0 Å². The van der Waals surface area contributed by atoms with Crippen molar-refractivity contribution in [3.05, 3.63) is 70.1 Å². The SMILES string of the molecule is CC(C)OC(=O)C[C@H](NC(=O)c1ccc(=O)[nH]c1)c1ccccc1. The minimum Gasteiger partial charge on any atom is -0.463 e. The number of H-pyrrole nitrogens is 1. The van der Waals surface area contributed by atoms with Crippen LogP contribution < -0.4 is 10.9 Å². The molecule has 0 spiro atoms. The average molecular weight is 328 g/mol. The van der Waals surface area contributed by atoms with E-state index in [0.717, 1.165) is 5.56 Å². The van der Waals surface area contributed by atoms with Gasteiger partial charge in [-0.2, -0.15) is 0 Å². The van der Waals surface area contributed by atoms with Gasteiger partial charge >= 0.3 is 5.97 Å². The van der Waals surface area contributed by atoms with Crippen LogP contribution in [0.3, 0.4) is 0 Å². The van der Waals surface area contributed by atoms with E-state index in [-0.39, 0.29) is 30.0 Å². The van der Waals surface area contributed by atoms with Crippen molar-refractivity contribution in [3.63, 3.8) is 0 Å². The molecule has 0 saturated carbocycles. The summed E-state index contributed by atoms with van der Waals surface area (Å²) in [5.41, 5.74) is 0.829. The highest BCUT2D eigenvalue weighted by Gasteiger charge is 2.20. The summed E-state index contributed by atoms with van der Waals surface area (Å²) in [7, 11) is 0. The molecule has 0 saturated heterocycles. The Kier molecular flexibility index (Phi) is 5.89. The Morgan fingerprint density at radius 3 is 2.42 bits per heavy atom. The molecule has 2 aromatic rings. The van der Waals surface area contributed by atoms with E-state index >= 15 is 0 Å². The van der Waals surface area contributed by atoms with E-state index in [2.05, 4.69) is 10.3 Å². The summed E-state index contributed by atoms with van der Waals surface area (Å²) in [5.74, 6) is -0.766. The number of hydrogen-bond acceptors (Lipinski definition) is 4. The third-order valence-electron chi connectivity index (χ3n) is 3.29. The smallest absolute Gasteiger partial charge is 0.308 e. The Labute approximate surface area is 139 Å². The van der Waals surface area contributed by atoms with Crippen LogP contribution in [0.2, 0.25) is 0 Å². The van der Waals surface area contributed by atoms with Crippen molar-refractivity contribution in [1.82, 2.24) is 10.3 Å². The van der Waals surface area contributed by atoms with Gasteiger partial charge in [-0.25, -0.2) is 0 Å². The fraction of sp³-hybridized carbons (Fsp3) is 0.278. The normalized spacial score (nSPS) is 11.8. The fourth-order valence-electron chi connectivity index (χ4n) is 2.21. The van der Waals surface area contributed by atoms with Gasteiger partial charge in [-0.15, -0.1) is 0 Å². The second-order valence-electron chi connectivity index (χ2n) is 5.62. The van der Waals surface area contributed by atoms with E-state index in [0.29, 0.717) is 5.56 Å². The van der Waals surface area contributed by atoms with Crippen LogP contribution in [0.4, 0.5) is 0 Å². The minimum absolute atomic E-state index is 0.0251. The molecule has 2 rings (SSSR count). The van der Waals surface area contributed by atoms with E-state index in [1.165, 1.54) is 18.3 Å². The van der Waals surface area contributed by atoms with Crippen LogP contribution in [0.25, 0.3) is 0 Å². The van der Waals surface area contributed by atoms with E-state index in [1.54, 1.807) is 13.8 Å². The summed E-state index contributed by atoms with van der Waals surface area (Å²) < 4.78 is 5.17. The van der Waals surface area contributed by atoms with Crippen molar-refractivity contribution in [2.45, 2.75) is 32.4 Å². The zero-order valence-corrected chi connectivity index (χ0v) is 13.6. The predicted octanol–water partition coefficient (Wildman–Crippen LogP) is 2.19. The van der Waals surface area contributed by atoms with Crippen molar-refractivity contribution >= 4 is 11.9 Å². The van der Waals surface area contributed by atoms with E-state index in [4.69, 9.17) is 4.74 Å². The number of rotatable bonds is 6. The van der Waals surface area contributed by atoms with Crippen LogP contribution in [0, 0.1) is 0 Å². The van der Waals surface area contributed by atoms with E-state index < -0.39 is 6.04 Å².